The molecule has 0 heterocycles. The monoisotopic (exact) mass is 236 g/mol. The Bertz CT molecular complexity index is 368. The highest BCUT2D eigenvalue weighted by atomic mass is 16.7. The summed E-state index contributed by atoms with van der Waals surface area (Å²) in [7, 11) is 0. The Morgan fingerprint density at radius 3 is 2.82 bits per heavy atom. The van der Waals surface area contributed by atoms with Crippen LogP contribution in [0.4, 0.5) is 0 Å². The highest BCUT2D eigenvalue weighted by Crippen LogP contribution is 2.31. The third-order valence-electron chi connectivity index (χ3n) is 2.29. The molecule has 0 aromatic rings. The van der Waals surface area contributed by atoms with Gasteiger partial charge in [-0.1, -0.05) is 24.3 Å². The average molecular weight is 236 g/mol. The van der Waals surface area contributed by atoms with Gasteiger partial charge in [0.1, 0.15) is 6.29 Å². The van der Waals surface area contributed by atoms with Crippen molar-refractivity contribution in [3.05, 3.63) is 36.5 Å². The lowest BCUT2D eigenvalue weighted by atomic mass is 9.93. The van der Waals surface area contributed by atoms with Gasteiger partial charge in [0.15, 0.2) is 0 Å². The Kier molecular flexibility index (Phi) is 4.84. The van der Waals surface area contributed by atoms with Gasteiger partial charge in [-0.05, 0) is 19.1 Å². The number of allylic oxidation sites excluding steroid dienone is 3. The normalized spacial score (nSPS) is 27.3. The maximum absolute atomic E-state index is 11.2. The van der Waals surface area contributed by atoms with Gasteiger partial charge in [-0.15, -0.1) is 0 Å². The van der Waals surface area contributed by atoms with Crippen LogP contribution in [0.3, 0.4) is 0 Å². The van der Waals surface area contributed by atoms with Crippen LogP contribution in [0.15, 0.2) is 36.5 Å². The van der Waals surface area contributed by atoms with E-state index in [2.05, 4.69) is 0 Å². The van der Waals surface area contributed by atoms with Crippen molar-refractivity contribution in [3.63, 3.8) is 0 Å². The maximum atomic E-state index is 11.2. The summed E-state index contributed by atoms with van der Waals surface area (Å²) in [5.74, 6) is -1.88. The summed E-state index contributed by atoms with van der Waals surface area (Å²) >= 11 is 0. The van der Waals surface area contributed by atoms with Crippen LogP contribution in [0.1, 0.15) is 13.8 Å². The molecule has 0 aliphatic heterocycles. The molecule has 0 radical (unpaired) electrons. The second kappa shape index (κ2) is 6.15. The molecule has 0 N–H and O–H groups in total. The molecule has 0 amide bonds. The number of carbonyl (C=O) groups is 2. The molecule has 0 spiro atoms. The van der Waals surface area contributed by atoms with Crippen molar-refractivity contribution in [1.82, 2.24) is 0 Å². The molecule has 0 saturated heterocycles. The molecule has 0 bridgehead atoms. The van der Waals surface area contributed by atoms with Gasteiger partial charge in [0.05, 0.1) is 5.92 Å². The number of rotatable bonds is 5. The van der Waals surface area contributed by atoms with E-state index in [1.807, 2.05) is 19.1 Å². The Labute approximate surface area is 101 Å². The fourth-order valence-electron chi connectivity index (χ4n) is 1.71. The molecule has 4 nitrogen and oxygen atoms in total. The first-order chi connectivity index (χ1) is 8.14. The van der Waals surface area contributed by atoms with Crippen molar-refractivity contribution in [2.24, 2.45) is 5.92 Å². The molecule has 1 aliphatic rings. The molecule has 0 aromatic carbocycles. The first-order valence-corrected chi connectivity index (χ1v) is 5.46. The Hall–Kier alpha value is -1.68. The minimum absolute atomic E-state index is 0.304. The van der Waals surface area contributed by atoms with E-state index in [9.17, 15) is 9.59 Å². The van der Waals surface area contributed by atoms with Gasteiger partial charge in [0.25, 0.3) is 0 Å². The number of hydrogen-bond acceptors (Lipinski definition) is 4. The standard InChI is InChI=1S/C13H16O4/c1-3-16-13(17-11(2)15)9-5-4-7-12(13)8-6-10-14/h4-10,12H,3H2,1-2H3/b8-6+. The highest BCUT2D eigenvalue weighted by Gasteiger charge is 2.39. The number of aldehydes is 1. The van der Waals surface area contributed by atoms with Gasteiger partial charge in [0, 0.05) is 13.5 Å². The van der Waals surface area contributed by atoms with Gasteiger partial charge in [-0.3, -0.25) is 9.59 Å². The Morgan fingerprint density at radius 1 is 1.47 bits per heavy atom. The topological polar surface area (TPSA) is 52.6 Å². The Balaban J connectivity index is 3.00. The van der Waals surface area contributed by atoms with Crippen LogP contribution in [0.2, 0.25) is 0 Å². The van der Waals surface area contributed by atoms with Crippen molar-refractivity contribution in [1.29, 1.82) is 0 Å². The van der Waals surface area contributed by atoms with Crippen molar-refractivity contribution < 1.29 is 19.1 Å². The zero-order valence-corrected chi connectivity index (χ0v) is 9.96. The lowest BCUT2D eigenvalue weighted by Gasteiger charge is -2.35. The molecular formula is C13H16O4. The molecule has 0 fully saturated rings. The van der Waals surface area contributed by atoms with E-state index in [0.29, 0.717) is 12.9 Å². The number of carbonyl (C=O) groups excluding carboxylic acids is 2. The van der Waals surface area contributed by atoms with Crippen LogP contribution >= 0.6 is 0 Å². The summed E-state index contributed by atoms with van der Waals surface area (Å²) in [6.45, 7) is 3.54. The summed E-state index contributed by atoms with van der Waals surface area (Å²) in [5, 5.41) is 0. The second-order valence-electron chi connectivity index (χ2n) is 3.54. The molecule has 17 heavy (non-hydrogen) atoms. The maximum Gasteiger partial charge on any atom is 0.305 e. The van der Waals surface area contributed by atoms with Gasteiger partial charge < -0.3 is 9.47 Å². The van der Waals surface area contributed by atoms with Gasteiger partial charge in [-0.2, -0.15) is 0 Å². The predicted octanol–water partition coefficient (Wildman–Crippen LogP) is 1.78. The van der Waals surface area contributed by atoms with Crippen LogP contribution in [0.25, 0.3) is 0 Å². The first kappa shape index (κ1) is 13.4. The van der Waals surface area contributed by atoms with E-state index in [0.717, 1.165) is 0 Å². The van der Waals surface area contributed by atoms with E-state index < -0.39 is 11.8 Å². The van der Waals surface area contributed by atoms with E-state index in [1.54, 1.807) is 18.2 Å². The first-order valence-electron chi connectivity index (χ1n) is 5.46. The van der Waals surface area contributed by atoms with Crippen molar-refractivity contribution in [3.8, 4) is 0 Å². The zero-order chi connectivity index (χ0) is 12.7. The van der Waals surface area contributed by atoms with Gasteiger partial charge in [0.2, 0.25) is 5.79 Å². The molecule has 92 valence electrons. The van der Waals surface area contributed by atoms with Gasteiger partial charge in [-0.25, -0.2) is 0 Å². The van der Waals surface area contributed by atoms with Crippen LogP contribution < -0.4 is 0 Å². The number of esters is 1. The SMILES string of the molecule is CCOC1(OC(C)=O)C=CC=CC1/C=C/C=O. The minimum Gasteiger partial charge on any atom is -0.428 e. The lowest BCUT2D eigenvalue weighted by Crippen LogP contribution is -2.42. The number of hydrogen-bond donors (Lipinski definition) is 0. The predicted molar refractivity (Wildman–Crippen MR) is 63.1 cm³/mol. The van der Waals surface area contributed by atoms with Crippen LogP contribution in [0, 0.1) is 5.92 Å². The van der Waals surface area contributed by atoms with Crippen molar-refractivity contribution in [2.75, 3.05) is 6.61 Å². The molecule has 4 heteroatoms. The fraction of sp³-hybridized carbons (Fsp3) is 0.385. The summed E-state index contributed by atoms with van der Waals surface area (Å²) in [5.41, 5.74) is 0. The van der Waals surface area contributed by atoms with Crippen molar-refractivity contribution >= 4 is 12.3 Å². The average Bonchev–Trinajstić information content (AvgIpc) is 2.27. The fourth-order valence-corrected chi connectivity index (χ4v) is 1.71. The largest absolute Gasteiger partial charge is 0.428 e. The third kappa shape index (κ3) is 3.39. The Morgan fingerprint density at radius 2 is 2.24 bits per heavy atom. The molecular weight excluding hydrogens is 220 g/mol. The quantitative estimate of drug-likeness (QED) is 0.316. The second-order valence-corrected chi connectivity index (χ2v) is 3.54. The summed E-state index contributed by atoms with van der Waals surface area (Å²) in [6, 6.07) is 0. The number of ether oxygens (including phenoxy) is 2. The zero-order valence-electron chi connectivity index (χ0n) is 9.96. The minimum atomic E-state index is -1.14. The van der Waals surface area contributed by atoms with E-state index in [1.165, 1.54) is 13.0 Å². The molecule has 2 atom stereocenters. The van der Waals surface area contributed by atoms with Crippen LogP contribution in [-0.2, 0) is 19.1 Å². The van der Waals surface area contributed by atoms with E-state index in [-0.39, 0.29) is 5.92 Å². The van der Waals surface area contributed by atoms with Gasteiger partial charge >= 0.3 is 5.97 Å². The van der Waals surface area contributed by atoms with E-state index in [4.69, 9.17) is 9.47 Å². The lowest BCUT2D eigenvalue weighted by molar-refractivity contribution is -0.215. The molecule has 2 unspecified atom stereocenters. The van der Waals surface area contributed by atoms with E-state index >= 15 is 0 Å². The highest BCUT2D eigenvalue weighted by molar-refractivity contribution is 5.67. The molecule has 0 aromatic heterocycles. The molecule has 1 aliphatic carbocycles. The summed E-state index contributed by atoms with van der Waals surface area (Å²) in [6.07, 6.45) is 10.8. The molecule has 0 saturated carbocycles. The summed E-state index contributed by atoms with van der Waals surface area (Å²) < 4.78 is 10.8. The van der Waals surface area contributed by atoms with Crippen LogP contribution in [-0.4, -0.2) is 24.6 Å². The third-order valence-corrected chi connectivity index (χ3v) is 2.29. The molecule has 1 rings (SSSR count). The summed E-state index contributed by atoms with van der Waals surface area (Å²) in [4.78, 5) is 21.5. The smallest absolute Gasteiger partial charge is 0.305 e. The van der Waals surface area contributed by atoms with Crippen molar-refractivity contribution in [2.45, 2.75) is 19.6 Å². The van der Waals surface area contributed by atoms with Crippen LogP contribution in [0.5, 0.6) is 0 Å².